The van der Waals surface area contributed by atoms with E-state index in [2.05, 4.69) is 0 Å². The van der Waals surface area contributed by atoms with Crippen LogP contribution in [0.2, 0.25) is 0 Å². The quantitative estimate of drug-likeness (QED) is 0.465. The standard InChI is InChI=1S/C21H15N3O/c1-14-11-12-16-18(13-14)22-20-17-9-5-6-10-19(17)23(24(20)21(16)25)15-7-3-2-4-8-15/h2-13H,1H3. The van der Waals surface area contributed by atoms with Gasteiger partial charge in [0.05, 0.1) is 22.1 Å². The van der Waals surface area contributed by atoms with Crippen molar-refractivity contribution < 1.29 is 0 Å². The number of aryl methyl sites for hydroxylation is 1. The predicted molar refractivity (Wildman–Crippen MR) is 101 cm³/mol. The lowest BCUT2D eigenvalue weighted by molar-refractivity contribution is 0.794. The van der Waals surface area contributed by atoms with Gasteiger partial charge < -0.3 is 0 Å². The molecular weight excluding hydrogens is 310 g/mol. The van der Waals surface area contributed by atoms with Crippen molar-refractivity contribution in [3.05, 3.63) is 88.7 Å². The molecule has 0 saturated carbocycles. The van der Waals surface area contributed by atoms with Crippen molar-refractivity contribution in [3.63, 3.8) is 0 Å². The van der Waals surface area contributed by atoms with Crippen LogP contribution in [0.4, 0.5) is 0 Å². The molecular formula is C21H15N3O. The summed E-state index contributed by atoms with van der Waals surface area (Å²) in [5.74, 6) is 0. The zero-order valence-corrected chi connectivity index (χ0v) is 13.7. The van der Waals surface area contributed by atoms with E-state index in [0.29, 0.717) is 11.0 Å². The number of rotatable bonds is 1. The Morgan fingerprint density at radius 3 is 2.44 bits per heavy atom. The lowest BCUT2D eigenvalue weighted by atomic mass is 10.2. The maximum Gasteiger partial charge on any atom is 0.281 e. The second-order valence-corrected chi connectivity index (χ2v) is 6.24. The highest BCUT2D eigenvalue weighted by Crippen LogP contribution is 2.25. The third kappa shape index (κ3) is 1.94. The summed E-state index contributed by atoms with van der Waals surface area (Å²) in [5.41, 5.74) is 4.36. The molecule has 0 spiro atoms. The molecule has 0 amide bonds. The van der Waals surface area contributed by atoms with E-state index in [0.717, 1.165) is 27.7 Å². The van der Waals surface area contributed by atoms with Crippen molar-refractivity contribution in [2.45, 2.75) is 6.92 Å². The predicted octanol–water partition coefficient (Wildman–Crippen LogP) is 4.10. The summed E-state index contributed by atoms with van der Waals surface area (Å²) in [6, 6.07) is 23.7. The maximum atomic E-state index is 13.3. The Morgan fingerprint density at radius 2 is 1.60 bits per heavy atom. The van der Waals surface area contributed by atoms with Crippen molar-refractivity contribution in [2.75, 3.05) is 0 Å². The fourth-order valence-corrected chi connectivity index (χ4v) is 3.43. The van der Waals surface area contributed by atoms with E-state index in [1.54, 1.807) is 4.52 Å². The molecule has 25 heavy (non-hydrogen) atoms. The second kappa shape index (κ2) is 5.05. The van der Waals surface area contributed by atoms with Crippen LogP contribution in [-0.2, 0) is 0 Å². The molecule has 0 unspecified atom stereocenters. The number of hydrogen-bond acceptors (Lipinski definition) is 2. The van der Waals surface area contributed by atoms with Crippen molar-refractivity contribution in [3.8, 4) is 5.69 Å². The van der Waals surface area contributed by atoms with Crippen LogP contribution >= 0.6 is 0 Å². The molecule has 5 aromatic rings. The molecule has 0 N–H and O–H groups in total. The van der Waals surface area contributed by atoms with Crippen LogP contribution in [0.15, 0.2) is 77.6 Å². The van der Waals surface area contributed by atoms with Gasteiger partial charge in [-0.15, -0.1) is 0 Å². The molecule has 4 heteroatoms. The molecule has 2 aromatic heterocycles. The first kappa shape index (κ1) is 14.0. The van der Waals surface area contributed by atoms with Crippen LogP contribution in [0.1, 0.15) is 5.56 Å². The molecule has 0 saturated heterocycles. The number of nitrogens with zero attached hydrogens (tertiary/aromatic N) is 3. The van der Waals surface area contributed by atoms with Gasteiger partial charge >= 0.3 is 0 Å². The number of hydrogen-bond donors (Lipinski definition) is 0. The average Bonchev–Trinajstić information content (AvgIpc) is 2.97. The van der Waals surface area contributed by atoms with Crippen molar-refractivity contribution in [2.24, 2.45) is 0 Å². The Morgan fingerprint density at radius 1 is 0.840 bits per heavy atom. The molecule has 0 fully saturated rings. The Labute approximate surface area is 143 Å². The number of benzene rings is 3. The number of aromatic nitrogens is 3. The first-order chi connectivity index (χ1) is 12.2. The second-order valence-electron chi connectivity index (χ2n) is 6.24. The summed E-state index contributed by atoms with van der Waals surface area (Å²) in [6.45, 7) is 2.01. The fraction of sp³-hybridized carbons (Fsp3) is 0.0476. The molecule has 0 bridgehead atoms. The molecule has 0 aliphatic carbocycles. The smallest absolute Gasteiger partial charge is 0.267 e. The van der Waals surface area contributed by atoms with Crippen molar-refractivity contribution in [1.29, 1.82) is 0 Å². The third-order valence-electron chi connectivity index (χ3n) is 4.58. The summed E-state index contributed by atoms with van der Waals surface area (Å²) in [4.78, 5) is 18.1. The van der Waals surface area contributed by atoms with Gasteiger partial charge in [-0.05, 0) is 48.9 Å². The van der Waals surface area contributed by atoms with Gasteiger partial charge in [0.25, 0.3) is 5.56 Å². The topological polar surface area (TPSA) is 39.3 Å². The van der Waals surface area contributed by atoms with Gasteiger partial charge in [-0.2, -0.15) is 4.52 Å². The molecule has 120 valence electrons. The molecule has 3 aromatic carbocycles. The summed E-state index contributed by atoms with van der Waals surface area (Å²) in [7, 11) is 0. The Bertz CT molecular complexity index is 1310. The average molecular weight is 325 g/mol. The van der Waals surface area contributed by atoms with Crippen molar-refractivity contribution in [1.82, 2.24) is 14.2 Å². The number of para-hydroxylation sites is 2. The lowest BCUT2D eigenvalue weighted by Crippen LogP contribution is -2.20. The van der Waals surface area contributed by atoms with Gasteiger partial charge in [-0.1, -0.05) is 36.4 Å². The summed E-state index contributed by atoms with van der Waals surface area (Å²) < 4.78 is 3.62. The minimum atomic E-state index is -0.0555. The summed E-state index contributed by atoms with van der Waals surface area (Å²) in [6.07, 6.45) is 0. The van der Waals surface area contributed by atoms with Crippen LogP contribution in [0.5, 0.6) is 0 Å². The van der Waals surface area contributed by atoms with E-state index in [-0.39, 0.29) is 5.56 Å². The van der Waals surface area contributed by atoms with E-state index >= 15 is 0 Å². The molecule has 0 aliphatic heterocycles. The minimum Gasteiger partial charge on any atom is -0.267 e. The number of fused-ring (bicyclic) bond motifs is 4. The highest BCUT2D eigenvalue weighted by Gasteiger charge is 2.16. The Balaban J connectivity index is 2.08. The van der Waals surface area contributed by atoms with Gasteiger partial charge in [-0.25, -0.2) is 9.67 Å². The highest BCUT2D eigenvalue weighted by molar-refractivity contribution is 5.96. The first-order valence-corrected chi connectivity index (χ1v) is 8.22. The van der Waals surface area contributed by atoms with Gasteiger partial charge in [-0.3, -0.25) is 4.79 Å². The lowest BCUT2D eigenvalue weighted by Gasteiger charge is -2.08. The third-order valence-corrected chi connectivity index (χ3v) is 4.58. The molecule has 5 rings (SSSR count). The SMILES string of the molecule is Cc1ccc2c(=O)n3c(nc2c1)c1ccccc1n3-c1ccccc1. The Hall–Kier alpha value is -3.40. The zero-order chi connectivity index (χ0) is 17.0. The van der Waals surface area contributed by atoms with Crippen molar-refractivity contribution >= 4 is 27.5 Å². The van der Waals surface area contributed by atoms with Crippen LogP contribution in [0, 0.1) is 6.92 Å². The van der Waals surface area contributed by atoms with E-state index < -0.39 is 0 Å². The fourth-order valence-electron chi connectivity index (χ4n) is 3.43. The highest BCUT2D eigenvalue weighted by atomic mass is 16.1. The zero-order valence-electron chi connectivity index (χ0n) is 13.7. The molecule has 0 radical (unpaired) electrons. The molecule has 0 atom stereocenters. The summed E-state index contributed by atoms with van der Waals surface area (Å²) in [5, 5.41) is 1.59. The Kier molecular flexibility index (Phi) is 2.82. The van der Waals surface area contributed by atoms with Gasteiger partial charge in [0, 0.05) is 5.39 Å². The summed E-state index contributed by atoms with van der Waals surface area (Å²) >= 11 is 0. The van der Waals surface area contributed by atoms with E-state index in [1.165, 1.54) is 0 Å². The monoisotopic (exact) mass is 325 g/mol. The largest absolute Gasteiger partial charge is 0.281 e. The van der Waals surface area contributed by atoms with E-state index in [4.69, 9.17) is 4.98 Å². The first-order valence-electron chi connectivity index (χ1n) is 8.22. The van der Waals surface area contributed by atoms with Gasteiger partial charge in [0.15, 0.2) is 5.65 Å². The molecule has 2 heterocycles. The van der Waals surface area contributed by atoms with Gasteiger partial charge in [0.1, 0.15) is 0 Å². The van der Waals surface area contributed by atoms with E-state index in [9.17, 15) is 4.79 Å². The molecule has 0 aliphatic rings. The van der Waals surface area contributed by atoms with Crippen LogP contribution < -0.4 is 5.56 Å². The van der Waals surface area contributed by atoms with Crippen LogP contribution in [-0.4, -0.2) is 14.2 Å². The van der Waals surface area contributed by atoms with E-state index in [1.807, 2.05) is 84.4 Å². The normalized spacial score (nSPS) is 11.6. The molecule has 4 nitrogen and oxygen atoms in total. The minimum absolute atomic E-state index is 0.0555. The maximum absolute atomic E-state index is 13.3. The van der Waals surface area contributed by atoms with Gasteiger partial charge in [0.2, 0.25) is 0 Å². The van der Waals surface area contributed by atoms with Crippen LogP contribution in [0.3, 0.4) is 0 Å². The van der Waals surface area contributed by atoms with Crippen LogP contribution in [0.25, 0.3) is 33.1 Å².